The van der Waals surface area contributed by atoms with Crippen LogP contribution in [0.25, 0.3) is 0 Å². The Morgan fingerprint density at radius 1 is 1.33 bits per heavy atom. The van der Waals surface area contributed by atoms with Gasteiger partial charge in [0.1, 0.15) is 13.2 Å². The van der Waals surface area contributed by atoms with Gasteiger partial charge in [0.2, 0.25) is 0 Å². The molecule has 1 amide bonds. The van der Waals surface area contributed by atoms with Gasteiger partial charge in [-0.2, -0.15) is 0 Å². The van der Waals surface area contributed by atoms with Gasteiger partial charge in [-0.1, -0.05) is 0 Å². The fourth-order valence-corrected chi connectivity index (χ4v) is 2.76. The van der Waals surface area contributed by atoms with E-state index in [0.29, 0.717) is 36.2 Å². The summed E-state index contributed by atoms with van der Waals surface area (Å²) in [6.07, 6.45) is 0.980. The topological polar surface area (TPSA) is 64.8 Å². The molecule has 2 unspecified atom stereocenters. The molecule has 2 heterocycles. The van der Waals surface area contributed by atoms with Crippen molar-refractivity contribution in [1.29, 1.82) is 0 Å². The Morgan fingerprint density at radius 3 is 2.71 bits per heavy atom. The van der Waals surface area contributed by atoms with Gasteiger partial charge in [0.25, 0.3) is 5.91 Å². The predicted octanol–water partition coefficient (Wildman–Crippen LogP) is 1.69. The standard InChI is InChI=1S/C15H20N2O3.ClH/c1-10(16)12-4-5-17(9-12)15(18)11-2-3-13-14(8-11)20-7-6-19-13;/h2-3,8,10,12H,4-7,9,16H2,1H3;1H. The van der Waals surface area contributed by atoms with Crippen molar-refractivity contribution in [3.63, 3.8) is 0 Å². The molecule has 0 spiro atoms. The van der Waals surface area contributed by atoms with Gasteiger partial charge < -0.3 is 20.1 Å². The fourth-order valence-electron chi connectivity index (χ4n) is 2.76. The minimum atomic E-state index is 0. The molecule has 0 aromatic heterocycles. The van der Waals surface area contributed by atoms with Crippen molar-refractivity contribution in [2.24, 2.45) is 11.7 Å². The van der Waals surface area contributed by atoms with Crippen LogP contribution >= 0.6 is 12.4 Å². The number of hydrogen-bond acceptors (Lipinski definition) is 4. The van der Waals surface area contributed by atoms with Gasteiger partial charge in [0.05, 0.1) is 0 Å². The van der Waals surface area contributed by atoms with Crippen LogP contribution in [0.15, 0.2) is 18.2 Å². The van der Waals surface area contributed by atoms with Crippen molar-refractivity contribution >= 4 is 18.3 Å². The van der Waals surface area contributed by atoms with Gasteiger partial charge in [0.15, 0.2) is 11.5 Å². The second-order valence-corrected chi connectivity index (χ2v) is 5.52. The molecule has 2 N–H and O–H groups in total. The third-order valence-electron chi connectivity index (χ3n) is 4.04. The van der Waals surface area contributed by atoms with E-state index in [0.717, 1.165) is 19.5 Å². The van der Waals surface area contributed by atoms with Crippen LogP contribution in [-0.2, 0) is 0 Å². The largest absolute Gasteiger partial charge is 0.486 e. The number of benzene rings is 1. The van der Waals surface area contributed by atoms with Crippen molar-refractivity contribution in [3.8, 4) is 11.5 Å². The van der Waals surface area contributed by atoms with Crippen LogP contribution in [0.5, 0.6) is 11.5 Å². The third-order valence-corrected chi connectivity index (χ3v) is 4.04. The number of carbonyl (C=O) groups is 1. The molecule has 116 valence electrons. The highest BCUT2D eigenvalue weighted by Crippen LogP contribution is 2.31. The number of nitrogens with zero attached hydrogens (tertiary/aromatic N) is 1. The Hall–Kier alpha value is -1.46. The first-order chi connectivity index (χ1) is 9.65. The SMILES string of the molecule is CC(N)C1CCN(C(=O)c2ccc3c(c2)OCCO3)C1.Cl. The Bertz CT molecular complexity index is 522. The average molecular weight is 313 g/mol. The number of halogens is 1. The van der Waals surface area contributed by atoms with E-state index in [1.165, 1.54) is 0 Å². The average Bonchev–Trinajstić information content (AvgIpc) is 2.96. The first-order valence-electron chi connectivity index (χ1n) is 7.09. The highest BCUT2D eigenvalue weighted by molar-refractivity contribution is 5.95. The summed E-state index contributed by atoms with van der Waals surface area (Å²) in [4.78, 5) is 14.4. The molecular formula is C15H21ClN2O3. The van der Waals surface area contributed by atoms with Crippen molar-refractivity contribution < 1.29 is 14.3 Å². The molecule has 0 radical (unpaired) electrons. The maximum Gasteiger partial charge on any atom is 0.254 e. The lowest BCUT2D eigenvalue weighted by Gasteiger charge is -2.21. The number of likely N-dealkylation sites (tertiary alicyclic amines) is 1. The summed E-state index contributed by atoms with van der Waals surface area (Å²) in [5.41, 5.74) is 6.57. The van der Waals surface area contributed by atoms with Gasteiger partial charge in [-0.3, -0.25) is 4.79 Å². The van der Waals surface area contributed by atoms with Crippen LogP contribution < -0.4 is 15.2 Å². The maximum atomic E-state index is 12.5. The quantitative estimate of drug-likeness (QED) is 0.902. The fraction of sp³-hybridized carbons (Fsp3) is 0.533. The van der Waals surface area contributed by atoms with Crippen LogP contribution in [0.1, 0.15) is 23.7 Å². The van der Waals surface area contributed by atoms with E-state index in [2.05, 4.69) is 0 Å². The number of carbonyl (C=O) groups excluding carboxylic acids is 1. The van der Waals surface area contributed by atoms with Crippen molar-refractivity contribution in [1.82, 2.24) is 4.90 Å². The molecular weight excluding hydrogens is 292 g/mol. The van der Waals surface area contributed by atoms with Crippen LogP contribution in [0.3, 0.4) is 0 Å². The zero-order chi connectivity index (χ0) is 14.1. The van der Waals surface area contributed by atoms with Crippen LogP contribution in [0, 0.1) is 5.92 Å². The molecule has 6 heteroatoms. The lowest BCUT2D eigenvalue weighted by atomic mass is 10.0. The molecule has 2 atom stereocenters. The Balaban J connectivity index is 0.00000161. The van der Waals surface area contributed by atoms with Crippen LogP contribution in [0.4, 0.5) is 0 Å². The van der Waals surface area contributed by atoms with Gasteiger partial charge in [-0.05, 0) is 37.5 Å². The highest BCUT2D eigenvalue weighted by atomic mass is 35.5. The first kappa shape index (κ1) is 15.9. The van der Waals surface area contributed by atoms with E-state index in [1.54, 1.807) is 18.2 Å². The second kappa shape index (κ2) is 6.54. The minimum Gasteiger partial charge on any atom is -0.486 e. The number of rotatable bonds is 2. The van der Waals surface area contributed by atoms with E-state index in [9.17, 15) is 4.79 Å². The van der Waals surface area contributed by atoms with E-state index in [1.807, 2.05) is 11.8 Å². The van der Waals surface area contributed by atoms with E-state index >= 15 is 0 Å². The van der Waals surface area contributed by atoms with Gasteiger partial charge in [0, 0.05) is 24.7 Å². The smallest absolute Gasteiger partial charge is 0.254 e. The first-order valence-corrected chi connectivity index (χ1v) is 7.09. The van der Waals surface area contributed by atoms with Crippen LogP contribution in [0.2, 0.25) is 0 Å². The van der Waals surface area contributed by atoms with E-state index < -0.39 is 0 Å². The summed E-state index contributed by atoms with van der Waals surface area (Å²) < 4.78 is 11.0. The van der Waals surface area contributed by atoms with Crippen molar-refractivity contribution in [2.75, 3.05) is 26.3 Å². The third kappa shape index (κ3) is 3.24. The summed E-state index contributed by atoms with van der Waals surface area (Å²) in [7, 11) is 0. The molecule has 5 nitrogen and oxygen atoms in total. The predicted molar refractivity (Wildman–Crippen MR) is 82.3 cm³/mol. The molecule has 0 aliphatic carbocycles. The number of amides is 1. The highest BCUT2D eigenvalue weighted by Gasteiger charge is 2.29. The Kier molecular flexibility index (Phi) is 4.96. The summed E-state index contributed by atoms with van der Waals surface area (Å²) in [5, 5.41) is 0. The molecule has 3 rings (SSSR count). The molecule has 2 aliphatic rings. The zero-order valence-electron chi connectivity index (χ0n) is 12.1. The van der Waals surface area contributed by atoms with E-state index in [4.69, 9.17) is 15.2 Å². The monoisotopic (exact) mass is 312 g/mol. The second-order valence-electron chi connectivity index (χ2n) is 5.52. The minimum absolute atomic E-state index is 0. The lowest BCUT2D eigenvalue weighted by molar-refractivity contribution is 0.0785. The number of hydrogen-bond donors (Lipinski definition) is 1. The van der Waals surface area contributed by atoms with Crippen LogP contribution in [-0.4, -0.2) is 43.2 Å². The van der Waals surface area contributed by atoms with Crippen molar-refractivity contribution in [3.05, 3.63) is 23.8 Å². The Morgan fingerprint density at radius 2 is 2.05 bits per heavy atom. The summed E-state index contributed by atoms with van der Waals surface area (Å²) >= 11 is 0. The maximum absolute atomic E-state index is 12.5. The molecule has 1 aromatic carbocycles. The summed E-state index contributed by atoms with van der Waals surface area (Å²) in [6, 6.07) is 5.51. The molecule has 1 fully saturated rings. The van der Waals surface area contributed by atoms with E-state index in [-0.39, 0.29) is 24.4 Å². The Labute approximate surface area is 130 Å². The van der Waals surface area contributed by atoms with Gasteiger partial charge in [-0.25, -0.2) is 0 Å². The molecule has 0 bridgehead atoms. The number of nitrogens with two attached hydrogens (primary N) is 1. The van der Waals surface area contributed by atoms with Gasteiger partial charge in [-0.15, -0.1) is 12.4 Å². The number of ether oxygens (including phenoxy) is 2. The summed E-state index contributed by atoms with van der Waals surface area (Å²) in [6.45, 7) is 4.61. The zero-order valence-corrected chi connectivity index (χ0v) is 12.9. The van der Waals surface area contributed by atoms with Gasteiger partial charge >= 0.3 is 0 Å². The molecule has 2 aliphatic heterocycles. The molecule has 21 heavy (non-hydrogen) atoms. The molecule has 1 saturated heterocycles. The normalized spacial score (nSPS) is 21.6. The number of fused-ring (bicyclic) bond motifs is 1. The lowest BCUT2D eigenvalue weighted by Crippen LogP contribution is -2.33. The van der Waals surface area contributed by atoms with Crippen molar-refractivity contribution in [2.45, 2.75) is 19.4 Å². The molecule has 1 aromatic rings. The molecule has 0 saturated carbocycles. The summed E-state index contributed by atoms with van der Waals surface area (Å²) in [5.74, 6) is 1.81.